The molecular weight excluding hydrogens is 811 g/mol. The highest BCUT2D eigenvalue weighted by molar-refractivity contribution is 7.15. The van der Waals surface area contributed by atoms with E-state index < -0.39 is 0 Å². The van der Waals surface area contributed by atoms with Crippen LogP contribution in [0.15, 0.2) is 113 Å². The number of pyridine rings is 2. The normalized spacial score (nSPS) is 12.9. The monoisotopic (exact) mass is 857 g/mol. The number of hydrazone groups is 2. The maximum Gasteiger partial charge on any atom is 0.253 e. The van der Waals surface area contributed by atoms with E-state index in [1.807, 2.05) is 90.1 Å². The predicted octanol–water partition coefficient (Wildman–Crippen LogP) is 9.32. The Morgan fingerprint density at radius 1 is 0.629 bits per heavy atom. The summed E-state index contributed by atoms with van der Waals surface area (Å²) >= 11 is 3.52. The van der Waals surface area contributed by atoms with Gasteiger partial charge in [-0.2, -0.15) is 10.2 Å². The van der Waals surface area contributed by atoms with Gasteiger partial charge in [-0.05, 0) is 92.4 Å². The van der Waals surface area contributed by atoms with Crippen LogP contribution in [0.5, 0.6) is 0 Å². The molecule has 8 aromatic rings. The molecule has 0 amide bonds. The van der Waals surface area contributed by atoms with E-state index in [-0.39, 0.29) is 0 Å². The molecule has 6 aromatic heterocycles. The van der Waals surface area contributed by atoms with E-state index in [2.05, 4.69) is 103 Å². The van der Waals surface area contributed by atoms with Crippen LogP contribution in [-0.4, -0.2) is 50.9 Å². The molecule has 2 N–H and O–H groups in total. The maximum atomic E-state index is 5.96. The van der Waals surface area contributed by atoms with Gasteiger partial charge in [-0.25, -0.2) is 10.0 Å². The van der Waals surface area contributed by atoms with Crippen molar-refractivity contribution in [1.82, 2.24) is 39.5 Å². The third-order valence-electron chi connectivity index (χ3n) is 10.9. The summed E-state index contributed by atoms with van der Waals surface area (Å²) < 4.78 is 4.26. The lowest BCUT2D eigenvalue weighted by Gasteiger charge is -2.18. The van der Waals surface area contributed by atoms with Gasteiger partial charge in [-0.15, -0.1) is 43.1 Å². The molecule has 8 heterocycles. The van der Waals surface area contributed by atoms with Gasteiger partial charge in [0, 0.05) is 57.6 Å². The first kappa shape index (κ1) is 40.6. The summed E-state index contributed by atoms with van der Waals surface area (Å²) in [5.41, 5.74) is 19.0. The second-order valence-corrected chi connectivity index (χ2v) is 17.3. The van der Waals surface area contributed by atoms with Gasteiger partial charge in [0.1, 0.15) is 33.1 Å². The van der Waals surface area contributed by atoms with Crippen molar-refractivity contribution in [3.63, 3.8) is 0 Å². The summed E-state index contributed by atoms with van der Waals surface area (Å²) in [4.78, 5) is 9.90. The smallest absolute Gasteiger partial charge is 0.253 e. The molecule has 2 aliphatic heterocycles. The molecule has 312 valence electrons. The number of hydrogen-bond donors (Lipinski definition) is 1. The molecule has 0 fully saturated rings. The minimum atomic E-state index is 0.544. The van der Waals surface area contributed by atoms with Gasteiger partial charge in [0.2, 0.25) is 0 Å². The molecule has 0 radical (unpaired) electrons. The van der Waals surface area contributed by atoms with Crippen molar-refractivity contribution in [2.24, 2.45) is 10.2 Å². The molecule has 2 aliphatic rings. The van der Waals surface area contributed by atoms with E-state index in [9.17, 15) is 0 Å². The van der Waals surface area contributed by atoms with Gasteiger partial charge in [0.15, 0.2) is 0 Å². The van der Waals surface area contributed by atoms with Crippen molar-refractivity contribution < 1.29 is 0 Å². The molecule has 0 aliphatic carbocycles. The third kappa shape index (κ3) is 7.69. The Hall–Kier alpha value is -6.84. The number of benzene rings is 2. The number of thiophene rings is 2. The third-order valence-corrected chi connectivity index (χ3v) is 13.4. The fraction of sp³-hybridized carbons (Fsp3) is 0.234. The van der Waals surface area contributed by atoms with Crippen LogP contribution in [-0.2, 0) is 25.9 Å². The molecule has 13 nitrogen and oxygen atoms in total. The van der Waals surface area contributed by atoms with Gasteiger partial charge in [-0.1, -0.05) is 74.4 Å². The van der Waals surface area contributed by atoms with Crippen molar-refractivity contribution in [1.29, 1.82) is 0 Å². The van der Waals surface area contributed by atoms with Crippen LogP contribution in [0.4, 0.5) is 17.6 Å². The standard InChI is InChI=1S/C24H24N6S.C23H23N7S/c1-5-20-16(3)21-22(19-10-8-15(2)9-11-19)28-29(14-18-7-6-12-25-13-18)24-27-26-17(4)30(24)23(21)31-20;1-3-5-18-14-31-22-20(18)21(17-7-9-19(24)10-8-17)28-29(13-16-6-4-11-25-12-16)23-27-26-15(2)30(22)23/h6-13H,5,14H2,1-4H3;4,6-12,14H,3,5,13,24H2,1-2H3. The Bertz CT molecular complexity index is 2910. The Morgan fingerprint density at radius 3 is 1.71 bits per heavy atom. The van der Waals surface area contributed by atoms with E-state index in [1.54, 1.807) is 23.7 Å². The lowest BCUT2D eigenvalue weighted by molar-refractivity contribution is 0.795. The minimum absolute atomic E-state index is 0.544. The zero-order valence-corrected chi connectivity index (χ0v) is 37.2. The van der Waals surface area contributed by atoms with Crippen LogP contribution in [0, 0.1) is 27.7 Å². The van der Waals surface area contributed by atoms with Crippen molar-refractivity contribution >= 4 is 51.7 Å². The van der Waals surface area contributed by atoms with E-state index in [1.165, 1.54) is 27.1 Å². The molecule has 0 saturated heterocycles. The summed E-state index contributed by atoms with van der Waals surface area (Å²) in [6, 6.07) is 24.5. The van der Waals surface area contributed by atoms with Gasteiger partial charge < -0.3 is 5.73 Å². The lowest BCUT2D eigenvalue weighted by Crippen LogP contribution is -2.20. The fourth-order valence-corrected chi connectivity index (χ4v) is 10.3. The van der Waals surface area contributed by atoms with Crippen LogP contribution in [0.1, 0.15) is 86.9 Å². The molecule has 0 unspecified atom stereocenters. The number of fused-ring (bicyclic) bond motifs is 6. The van der Waals surface area contributed by atoms with Crippen molar-refractivity contribution in [2.45, 2.75) is 73.9 Å². The Balaban J connectivity index is 0.000000158. The summed E-state index contributed by atoms with van der Waals surface area (Å²) in [6.45, 7) is 13.8. The van der Waals surface area contributed by atoms with E-state index in [0.29, 0.717) is 19.0 Å². The van der Waals surface area contributed by atoms with Crippen LogP contribution in [0.2, 0.25) is 0 Å². The van der Waals surface area contributed by atoms with Crippen LogP contribution in [0.3, 0.4) is 0 Å². The topological polar surface area (TPSA) is 144 Å². The number of aromatic nitrogens is 8. The Morgan fingerprint density at radius 2 is 1.18 bits per heavy atom. The summed E-state index contributed by atoms with van der Waals surface area (Å²) in [5, 5.41) is 36.5. The van der Waals surface area contributed by atoms with Gasteiger partial charge >= 0.3 is 0 Å². The quantitative estimate of drug-likeness (QED) is 0.141. The van der Waals surface area contributed by atoms with E-state index >= 15 is 0 Å². The van der Waals surface area contributed by atoms with Crippen molar-refractivity contribution in [2.75, 3.05) is 15.8 Å². The number of nitrogens with two attached hydrogens (primary N) is 1. The first-order valence-electron chi connectivity index (χ1n) is 20.7. The molecule has 0 atom stereocenters. The van der Waals surface area contributed by atoms with Crippen LogP contribution >= 0.6 is 22.7 Å². The predicted molar refractivity (Wildman–Crippen MR) is 250 cm³/mol. The second kappa shape index (κ2) is 17.3. The second-order valence-electron chi connectivity index (χ2n) is 15.4. The Kier molecular flexibility index (Phi) is 11.3. The van der Waals surface area contributed by atoms with Crippen molar-refractivity contribution in [3.05, 3.63) is 170 Å². The number of anilines is 3. The molecule has 0 bridgehead atoms. The molecule has 0 saturated carbocycles. The van der Waals surface area contributed by atoms with E-state index in [0.717, 1.165) is 91.8 Å². The zero-order chi connectivity index (χ0) is 42.9. The highest BCUT2D eigenvalue weighted by Crippen LogP contribution is 2.40. The van der Waals surface area contributed by atoms with Crippen LogP contribution < -0.4 is 15.8 Å². The number of nitrogen functional groups attached to an aromatic ring is 1. The first-order valence-corrected chi connectivity index (χ1v) is 22.4. The molecule has 62 heavy (non-hydrogen) atoms. The largest absolute Gasteiger partial charge is 0.399 e. The average Bonchev–Trinajstić information content (AvgIpc) is 4.03. The number of nitrogens with zero attached hydrogens (tertiary/aromatic N) is 12. The highest BCUT2D eigenvalue weighted by atomic mass is 32.1. The van der Waals surface area contributed by atoms with Gasteiger partial charge in [0.25, 0.3) is 11.9 Å². The molecule has 0 spiro atoms. The number of rotatable bonds is 9. The molecule has 10 rings (SSSR count). The number of aryl methyl sites for hydroxylation is 5. The molecule has 15 heteroatoms. The zero-order valence-electron chi connectivity index (χ0n) is 35.6. The highest BCUT2D eigenvalue weighted by Gasteiger charge is 2.32. The summed E-state index contributed by atoms with van der Waals surface area (Å²) in [7, 11) is 0. The van der Waals surface area contributed by atoms with Gasteiger partial charge in [-0.3, -0.25) is 19.1 Å². The lowest BCUT2D eigenvalue weighted by atomic mass is 9.98. The minimum Gasteiger partial charge on any atom is -0.399 e. The maximum absolute atomic E-state index is 5.96. The first-order chi connectivity index (χ1) is 30.2. The fourth-order valence-electron chi connectivity index (χ4n) is 7.81. The summed E-state index contributed by atoms with van der Waals surface area (Å²) in [6.07, 6.45) is 10.3. The Labute approximate surface area is 369 Å². The number of hydrogen-bond acceptors (Lipinski definition) is 13. The van der Waals surface area contributed by atoms with Crippen LogP contribution in [0.25, 0.3) is 10.0 Å². The molecule has 2 aromatic carbocycles. The van der Waals surface area contributed by atoms with E-state index in [4.69, 9.17) is 15.9 Å². The summed E-state index contributed by atoms with van der Waals surface area (Å²) in [5.74, 6) is 3.13. The average molecular weight is 858 g/mol. The van der Waals surface area contributed by atoms with Gasteiger partial charge in [0.05, 0.1) is 13.1 Å². The van der Waals surface area contributed by atoms with Crippen molar-refractivity contribution in [3.8, 4) is 10.0 Å². The molecular formula is C47H47N13S2. The SMILES string of the molecule is CCCc1csc2c1C(c1ccc(N)cc1)=NN(Cc1cccnc1)c1nnc(C)n1-2.CCc1sc2c(c1C)C(c1ccc(C)cc1)=NN(Cc1cccnc1)c1nnc(C)n1-2.